The molecule has 1 aliphatic rings. The van der Waals surface area contributed by atoms with Crippen LogP contribution in [0.25, 0.3) is 11.3 Å². The maximum atomic E-state index is 13.1. The predicted molar refractivity (Wildman–Crippen MR) is 108 cm³/mol. The Morgan fingerprint density at radius 2 is 1.86 bits per heavy atom. The van der Waals surface area contributed by atoms with Crippen LogP contribution in [0.1, 0.15) is 40.4 Å². The second-order valence-corrected chi connectivity index (χ2v) is 7.28. The number of rotatable bonds is 4. The van der Waals surface area contributed by atoms with Gasteiger partial charge in [-0.15, -0.1) is 0 Å². The van der Waals surface area contributed by atoms with E-state index >= 15 is 0 Å². The summed E-state index contributed by atoms with van der Waals surface area (Å²) in [5, 5.41) is 9.20. The Kier molecular flexibility index (Phi) is 5.62. The second-order valence-electron chi connectivity index (χ2n) is 7.28. The van der Waals surface area contributed by atoms with E-state index in [0.29, 0.717) is 18.7 Å². The van der Waals surface area contributed by atoms with Gasteiger partial charge in [-0.05, 0) is 42.7 Å². The molecule has 0 bridgehead atoms. The minimum absolute atomic E-state index is 0.00594. The molecule has 6 heteroatoms. The van der Waals surface area contributed by atoms with Gasteiger partial charge in [0.15, 0.2) is 0 Å². The number of halogens is 1. The number of hydrogen-bond acceptors (Lipinski definition) is 4. The van der Waals surface area contributed by atoms with Crippen molar-refractivity contribution in [3.63, 3.8) is 0 Å². The lowest BCUT2D eigenvalue weighted by atomic mass is 9.94. The van der Waals surface area contributed by atoms with Crippen LogP contribution in [0.15, 0.2) is 60.9 Å². The molecule has 2 heterocycles. The quantitative estimate of drug-likeness (QED) is 0.735. The smallest absolute Gasteiger partial charge is 0.253 e. The molecule has 0 spiro atoms. The van der Waals surface area contributed by atoms with Crippen molar-refractivity contribution >= 4 is 5.91 Å². The summed E-state index contributed by atoms with van der Waals surface area (Å²) in [6.07, 6.45) is 5.31. The van der Waals surface area contributed by atoms with Crippen molar-refractivity contribution in [1.82, 2.24) is 14.9 Å². The van der Waals surface area contributed by atoms with Crippen molar-refractivity contribution in [2.45, 2.75) is 25.4 Å². The van der Waals surface area contributed by atoms with Crippen LogP contribution in [0.2, 0.25) is 0 Å². The van der Waals surface area contributed by atoms with E-state index in [4.69, 9.17) is 4.98 Å². The Morgan fingerprint density at radius 3 is 2.59 bits per heavy atom. The number of aliphatic hydroxyl groups excluding tert-OH is 1. The van der Waals surface area contributed by atoms with E-state index in [9.17, 15) is 14.3 Å². The largest absolute Gasteiger partial charge is 0.392 e. The molecule has 1 amide bonds. The van der Waals surface area contributed by atoms with Gasteiger partial charge in [0.25, 0.3) is 5.91 Å². The zero-order valence-corrected chi connectivity index (χ0v) is 16.0. The number of aromatic nitrogens is 2. The number of hydrogen-bond donors (Lipinski definition) is 1. The maximum Gasteiger partial charge on any atom is 0.253 e. The molecule has 148 valence electrons. The maximum absolute atomic E-state index is 13.1. The van der Waals surface area contributed by atoms with Crippen molar-refractivity contribution in [3.05, 3.63) is 83.6 Å². The van der Waals surface area contributed by atoms with Crippen LogP contribution < -0.4 is 0 Å². The summed E-state index contributed by atoms with van der Waals surface area (Å²) >= 11 is 0. The molecule has 0 unspecified atom stereocenters. The van der Waals surface area contributed by atoms with Crippen molar-refractivity contribution in [2.24, 2.45) is 0 Å². The van der Waals surface area contributed by atoms with Crippen LogP contribution in [0.3, 0.4) is 0 Å². The van der Waals surface area contributed by atoms with Crippen molar-refractivity contribution in [2.75, 3.05) is 13.1 Å². The van der Waals surface area contributed by atoms with Crippen LogP contribution in [-0.4, -0.2) is 39.0 Å². The fourth-order valence-electron chi connectivity index (χ4n) is 3.68. The van der Waals surface area contributed by atoms with E-state index in [1.807, 2.05) is 29.2 Å². The first-order valence-electron chi connectivity index (χ1n) is 9.71. The molecule has 1 aromatic heterocycles. The van der Waals surface area contributed by atoms with E-state index in [-0.39, 0.29) is 24.2 Å². The van der Waals surface area contributed by atoms with Gasteiger partial charge in [-0.1, -0.05) is 24.3 Å². The van der Waals surface area contributed by atoms with E-state index in [0.717, 1.165) is 35.4 Å². The predicted octanol–water partition coefficient (Wildman–Crippen LogP) is 3.79. The highest BCUT2D eigenvalue weighted by molar-refractivity contribution is 5.94. The standard InChI is InChI=1S/C23H22FN3O2/c24-20-9-7-18(8-10-20)23(29)27-11-1-2-19(14-27)22-13-25-12-21(26-22)17-5-3-16(15-28)4-6-17/h3-10,12-13,19,28H,1-2,11,14-15H2/t19-/m1/s1. The highest BCUT2D eigenvalue weighted by Crippen LogP contribution is 2.28. The number of nitrogens with zero attached hydrogens (tertiary/aromatic N) is 3. The monoisotopic (exact) mass is 391 g/mol. The number of carbonyl (C=O) groups is 1. The Bertz CT molecular complexity index is 990. The number of likely N-dealkylation sites (tertiary alicyclic amines) is 1. The summed E-state index contributed by atoms with van der Waals surface area (Å²) in [6.45, 7) is 1.26. The minimum Gasteiger partial charge on any atom is -0.392 e. The second kappa shape index (κ2) is 8.49. The highest BCUT2D eigenvalue weighted by atomic mass is 19.1. The molecule has 3 aromatic rings. The zero-order valence-electron chi connectivity index (χ0n) is 16.0. The number of piperidine rings is 1. The summed E-state index contributed by atoms with van der Waals surface area (Å²) in [5.74, 6) is -0.326. The lowest BCUT2D eigenvalue weighted by molar-refractivity contribution is 0.0705. The molecule has 29 heavy (non-hydrogen) atoms. The normalized spacial score (nSPS) is 16.6. The van der Waals surface area contributed by atoms with E-state index in [1.54, 1.807) is 12.4 Å². The van der Waals surface area contributed by atoms with E-state index in [2.05, 4.69) is 4.98 Å². The summed E-state index contributed by atoms with van der Waals surface area (Å²) < 4.78 is 13.1. The molecule has 1 aliphatic heterocycles. The first-order valence-corrected chi connectivity index (χ1v) is 9.71. The molecule has 0 saturated carbocycles. The fraction of sp³-hybridized carbons (Fsp3) is 0.261. The third kappa shape index (κ3) is 4.32. The average molecular weight is 391 g/mol. The first kappa shape index (κ1) is 19.2. The summed E-state index contributed by atoms with van der Waals surface area (Å²) in [5.41, 5.74) is 3.92. The van der Waals surface area contributed by atoms with Gasteiger partial charge in [-0.25, -0.2) is 9.37 Å². The Balaban J connectivity index is 1.52. The minimum atomic E-state index is -0.350. The van der Waals surface area contributed by atoms with Crippen LogP contribution in [-0.2, 0) is 6.61 Å². The molecule has 0 aliphatic carbocycles. The van der Waals surface area contributed by atoms with Gasteiger partial charge < -0.3 is 10.0 Å². The van der Waals surface area contributed by atoms with Crippen molar-refractivity contribution < 1.29 is 14.3 Å². The van der Waals surface area contributed by atoms with Crippen molar-refractivity contribution in [3.8, 4) is 11.3 Å². The van der Waals surface area contributed by atoms with Gasteiger partial charge in [0, 0.05) is 36.3 Å². The molecule has 1 fully saturated rings. The number of aliphatic hydroxyl groups is 1. The van der Waals surface area contributed by atoms with Gasteiger partial charge in [0.1, 0.15) is 5.82 Å². The van der Waals surface area contributed by atoms with Crippen LogP contribution in [0.4, 0.5) is 4.39 Å². The molecule has 1 saturated heterocycles. The molecular formula is C23H22FN3O2. The van der Waals surface area contributed by atoms with Crippen LogP contribution in [0, 0.1) is 5.82 Å². The third-order valence-corrected chi connectivity index (χ3v) is 5.30. The molecule has 1 N–H and O–H groups in total. The van der Waals surface area contributed by atoms with E-state index in [1.165, 1.54) is 24.3 Å². The first-order chi connectivity index (χ1) is 14.1. The molecule has 0 radical (unpaired) electrons. The Morgan fingerprint density at radius 1 is 1.10 bits per heavy atom. The van der Waals surface area contributed by atoms with Gasteiger partial charge in [0.05, 0.1) is 24.2 Å². The molecule has 4 rings (SSSR count). The lowest BCUT2D eigenvalue weighted by Crippen LogP contribution is -2.39. The van der Waals surface area contributed by atoms with Crippen LogP contribution >= 0.6 is 0 Å². The molecule has 5 nitrogen and oxygen atoms in total. The van der Waals surface area contributed by atoms with E-state index < -0.39 is 0 Å². The summed E-state index contributed by atoms with van der Waals surface area (Å²) in [7, 11) is 0. The van der Waals surface area contributed by atoms with Crippen molar-refractivity contribution in [1.29, 1.82) is 0 Å². The SMILES string of the molecule is O=C(c1ccc(F)cc1)N1CCC[C@@H](c2cncc(-c3ccc(CO)cc3)n2)C1. The molecule has 2 aromatic carbocycles. The van der Waals surface area contributed by atoms with Crippen LogP contribution in [0.5, 0.6) is 0 Å². The lowest BCUT2D eigenvalue weighted by Gasteiger charge is -2.32. The van der Waals surface area contributed by atoms with Gasteiger partial charge in [0.2, 0.25) is 0 Å². The number of amides is 1. The van der Waals surface area contributed by atoms with Gasteiger partial charge >= 0.3 is 0 Å². The number of carbonyl (C=O) groups excluding carboxylic acids is 1. The van der Waals surface area contributed by atoms with Gasteiger partial charge in [-0.2, -0.15) is 0 Å². The number of benzene rings is 2. The van der Waals surface area contributed by atoms with Gasteiger partial charge in [-0.3, -0.25) is 9.78 Å². The summed E-state index contributed by atoms with van der Waals surface area (Å²) in [4.78, 5) is 23.7. The third-order valence-electron chi connectivity index (χ3n) is 5.30. The molecule has 1 atom stereocenters. The average Bonchev–Trinajstić information content (AvgIpc) is 2.79. The molecular weight excluding hydrogens is 369 g/mol. The Hall–Kier alpha value is -3.12. The zero-order chi connectivity index (χ0) is 20.2. The fourth-order valence-corrected chi connectivity index (χ4v) is 3.68. The topological polar surface area (TPSA) is 66.3 Å². The Labute approximate surface area is 168 Å². The summed E-state index contributed by atoms with van der Waals surface area (Å²) in [6, 6.07) is 13.3. The highest BCUT2D eigenvalue weighted by Gasteiger charge is 2.26.